The van der Waals surface area contributed by atoms with Gasteiger partial charge in [-0.05, 0) is 6.42 Å². The molecule has 4 nitrogen and oxygen atoms in total. The van der Waals surface area contributed by atoms with E-state index in [4.69, 9.17) is 5.73 Å². The van der Waals surface area contributed by atoms with Gasteiger partial charge < -0.3 is 10.7 Å². The number of hydrogen-bond donors (Lipinski definition) is 2. The van der Waals surface area contributed by atoms with Gasteiger partial charge in [-0.25, -0.2) is 9.98 Å². The van der Waals surface area contributed by atoms with E-state index in [1.165, 1.54) is 0 Å². The highest BCUT2D eigenvalue weighted by Crippen LogP contribution is 2.21. The number of nitrogens with two attached hydrogens (primary N) is 1. The Labute approximate surface area is 76.6 Å². The van der Waals surface area contributed by atoms with Crippen LogP contribution in [0.25, 0.3) is 0 Å². The highest BCUT2D eigenvalue weighted by atomic mass is 15.0. The van der Waals surface area contributed by atoms with E-state index in [-0.39, 0.29) is 0 Å². The van der Waals surface area contributed by atoms with Gasteiger partial charge in [0.1, 0.15) is 5.69 Å². The van der Waals surface area contributed by atoms with E-state index < -0.39 is 0 Å². The summed E-state index contributed by atoms with van der Waals surface area (Å²) in [5, 5.41) is 0. The minimum Gasteiger partial charge on any atom is -0.382 e. The van der Waals surface area contributed by atoms with Gasteiger partial charge in [0, 0.05) is 17.8 Å². The van der Waals surface area contributed by atoms with Crippen molar-refractivity contribution in [2.24, 2.45) is 10.7 Å². The smallest absolute Gasteiger partial charge is 0.151 e. The van der Waals surface area contributed by atoms with Crippen LogP contribution in [-0.2, 0) is 0 Å². The first kappa shape index (κ1) is 8.04. The topological polar surface area (TPSA) is 67.1 Å². The summed E-state index contributed by atoms with van der Waals surface area (Å²) in [5.74, 6) is 0.904. The van der Waals surface area contributed by atoms with Crippen molar-refractivity contribution < 1.29 is 0 Å². The molecule has 0 spiro atoms. The van der Waals surface area contributed by atoms with Crippen LogP contribution >= 0.6 is 0 Å². The molecule has 4 heteroatoms. The Morgan fingerprint density at radius 3 is 3.31 bits per heavy atom. The SMILES string of the molecule is CC1C/C=C/N=C(N)c2nc[nH]c21. The summed E-state index contributed by atoms with van der Waals surface area (Å²) in [7, 11) is 0. The molecule has 0 saturated carbocycles. The standard InChI is InChI=1S/C9H12N4/c1-6-3-2-4-11-9(10)8-7(6)12-5-13-8/h2,4-6H,3H2,1H3,(H2,10,11)(H,12,13)/b4-2+. The molecule has 2 rings (SSSR count). The lowest BCUT2D eigenvalue weighted by Gasteiger charge is -2.10. The fraction of sp³-hybridized carbons (Fsp3) is 0.333. The number of fused-ring (bicyclic) bond motifs is 1. The first-order chi connectivity index (χ1) is 6.29. The number of aliphatic imine (C=N–C) groups is 1. The Hall–Kier alpha value is -1.58. The zero-order valence-electron chi connectivity index (χ0n) is 7.49. The molecule has 1 unspecified atom stereocenters. The molecule has 1 atom stereocenters. The van der Waals surface area contributed by atoms with Gasteiger partial charge in [0.2, 0.25) is 0 Å². The molecule has 68 valence electrons. The summed E-state index contributed by atoms with van der Waals surface area (Å²) in [6.45, 7) is 2.14. The summed E-state index contributed by atoms with van der Waals surface area (Å²) in [6, 6.07) is 0. The van der Waals surface area contributed by atoms with Crippen molar-refractivity contribution in [3.05, 3.63) is 30.0 Å². The van der Waals surface area contributed by atoms with Crippen LogP contribution in [0.3, 0.4) is 0 Å². The first-order valence-corrected chi connectivity index (χ1v) is 4.31. The van der Waals surface area contributed by atoms with Crippen LogP contribution in [0.4, 0.5) is 0 Å². The molecule has 3 N–H and O–H groups in total. The van der Waals surface area contributed by atoms with Crippen molar-refractivity contribution in [2.75, 3.05) is 0 Å². The van der Waals surface area contributed by atoms with Crippen molar-refractivity contribution in [2.45, 2.75) is 19.3 Å². The van der Waals surface area contributed by atoms with Gasteiger partial charge in [-0.3, -0.25) is 0 Å². The second-order valence-electron chi connectivity index (χ2n) is 3.20. The number of amidine groups is 1. The molecule has 1 aromatic heterocycles. The molecule has 0 aliphatic carbocycles. The lowest BCUT2D eigenvalue weighted by molar-refractivity contribution is 0.750. The Kier molecular flexibility index (Phi) is 1.88. The molecule has 1 aliphatic rings. The largest absolute Gasteiger partial charge is 0.382 e. The van der Waals surface area contributed by atoms with Gasteiger partial charge >= 0.3 is 0 Å². The van der Waals surface area contributed by atoms with Crippen LogP contribution in [0, 0.1) is 0 Å². The lowest BCUT2D eigenvalue weighted by atomic mass is 10.0. The Bertz CT molecular complexity index is 361. The van der Waals surface area contributed by atoms with E-state index in [9.17, 15) is 0 Å². The van der Waals surface area contributed by atoms with Crippen molar-refractivity contribution in [1.82, 2.24) is 9.97 Å². The van der Waals surface area contributed by atoms with Crippen molar-refractivity contribution >= 4 is 5.84 Å². The fourth-order valence-electron chi connectivity index (χ4n) is 1.46. The molecule has 0 saturated heterocycles. The second kappa shape index (κ2) is 3.05. The van der Waals surface area contributed by atoms with Crippen molar-refractivity contribution in [3.8, 4) is 0 Å². The molecule has 1 aromatic rings. The number of aromatic amines is 1. The molecule has 0 bridgehead atoms. The zero-order valence-corrected chi connectivity index (χ0v) is 7.49. The van der Waals surface area contributed by atoms with Crippen LogP contribution in [0.1, 0.15) is 30.7 Å². The summed E-state index contributed by atoms with van der Waals surface area (Å²) in [6.07, 6.45) is 6.38. The first-order valence-electron chi connectivity index (χ1n) is 4.31. The maximum absolute atomic E-state index is 5.74. The number of hydrogen-bond acceptors (Lipinski definition) is 3. The number of aromatic nitrogens is 2. The molecule has 13 heavy (non-hydrogen) atoms. The van der Waals surface area contributed by atoms with Gasteiger partial charge in [0.25, 0.3) is 0 Å². The Balaban J connectivity index is 2.52. The van der Waals surface area contributed by atoms with E-state index in [1.807, 2.05) is 6.08 Å². The number of allylic oxidation sites excluding steroid dienone is 1. The van der Waals surface area contributed by atoms with E-state index >= 15 is 0 Å². The monoisotopic (exact) mass is 176 g/mol. The van der Waals surface area contributed by atoms with E-state index in [2.05, 4.69) is 21.9 Å². The van der Waals surface area contributed by atoms with Crippen LogP contribution in [0.5, 0.6) is 0 Å². The summed E-state index contributed by atoms with van der Waals surface area (Å²) >= 11 is 0. The summed E-state index contributed by atoms with van der Waals surface area (Å²) in [5.41, 5.74) is 7.60. The predicted molar refractivity (Wildman–Crippen MR) is 51.5 cm³/mol. The average Bonchev–Trinajstić information content (AvgIpc) is 2.57. The lowest BCUT2D eigenvalue weighted by Crippen LogP contribution is -2.17. The van der Waals surface area contributed by atoms with E-state index in [0.29, 0.717) is 11.8 Å². The third kappa shape index (κ3) is 1.35. The molecule has 2 heterocycles. The quantitative estimate of drug-likeness (QED) is 0.622. The Morgan fingerprint density at radius 2 is 2.46 bits per heavy atom. The van der Waals surface area contributed by atoms with Gasteiger partial charge in [-0.1, -0.05) is 13.0 Å². The molecule has 1 aliphatic heterocycles. The number of nitrogens with zero attached hydrogens (tertiary/aromatic N) is 2. The number of H-pyrrole nitrogens is 1. The minimum absolute atomic E-state index is 0.419. The fourth-order valence-corrected chi connectivity index (χ4v) is 1.46. The van der Waals surface area contributed by atoms with Crippen LogP contribution in [-0.4, -0.2) is 15.8 Å². The second-order valence-corrected chi connectivity index (χ2v) is 3.20. The van der Waals surface area contributed by atoms with Gasteiger partial charge in [0.05, 0.1) is 6.33 Å². The maximum Gasteiger partial charge on any atom is 0.151 e. The van der Waals surface area contributed by atoms with Crippen LogP contribution in [0.2, 0.25) is 0 Å². The molecule has 0 radical (unpaired) electrons. The normalized spacial score (nSPS) is 24.1. The third-order valence-corrected chi connectivity index (χ3v) is 2.21. The zero-order chi connectivity index (χ0) is 9.26. The van der Waals surface area contributed by atoms with Crippen LogP contribution in [0.15, 0.2) is 23.6 Å². The highest BCUT2D eigenvalue weighted by Gasteiger charge is 2.15. The number of rotatable bonds is 0. The van der Waals surface area contributed by atoms with Gasteiger partial charge in [-0.15, -0.1) is 0 Å². The predicted octanol–water partition coefficient (Wildman–Crippen LogP) is 1.14. The van der Waals surface area contributed by atoms with Crippen LogP contribution < -0.4 is 5.73 Å². The van der Waals surface area contributed by atoms with Crippen molar-refractivity contribution in [3.63, 3.8) is 0 Å². The average molecular weight is 176 g/mol. The number of imidazole rings is 1. The molecule has 0 fully saturated rings. The van der Waals surface area contributed by atoms with Gasteiger partial charge in [-0.2, -0.15) is 0 Å². The molecule has 0 aromatic carbocycles. The molecular formula is C9H12N4. The molecule has 0 amide bonds. The van der Waals surface area contributed by atoms with E-state index in [0.717, 1.165) is 17.8 Å². The third-order valence-electron chi connectivity index (χ3n) is 2.21. The van der Waals surface area contributed by atoms with Gasteiger partial charge in [0.15, 0.2) is 5.84 Å². The minimum atomic E-state index is 0.419. The number of nitrogens with one attached hydrogen (secondary N) is 1. The summed E-state index contributed by atoms with van der Waals surface area (Å²) in [4.78, 5) is 11.3. The molecular weight excluding hydrogens is 164 g/mol. The van der Waals surface area contributed by atoms with E-state index in [1.54, 1.807) is 12.5 Å². The van der Waals surface area contributed by atoms with Crippen molar-refractivity contribution in [1.29, 1.82) is 0 Å². The summed E-state index contributed by atoms with van der Waals surface area (Å²) < 4.78 is 0. The highest BCUT2D eigenvalue weighted by molar-refractivity contribution is 5.97. The maximum atomic E-state index is 5.74. The Morgan fingerprint density at radius 1 is 1.62 bits per heavy atom.